The summed E-state index contributed by atoms with van der Waals surface area (Å²) in [5.41, 5.74) is 11.9. The van der Waals surface area contributed by atoms with Crippen molar-refractivity contribution in [2.24, 2.45) is 5.92 Å². The first-order valence-corrected chi connectivity index (χ1v) is 31.4. The molecule has 3 amide bonds. The summed E-state index contributed by atoms with van der Waals surface area (Å²) in [4.78, 5) is 76.2. The number of fused-ring (bicyclic) bond motifs is 4. The number of allylic oxidation sites excluding steroid dienone is 1. The zero-order valence-electron chi connectivity index (χ0n) is 52.1. The molecule has 466 valence electrons. The van der Waals surface area contributed by atoms with Crippen molar-refractivity contribution in [1.29, 1.82) is 0 Å². The van der Waals surface area contributed by atoms with Crippen LogP contribution in [-0.4, -0.2) is 149 Å². The smallest absolute Gasteiger partial charge is 0.254 e. The molecule has 5 unspecified atom stereocenters. The van der Waals surface area contributed by atoms with Crippen LogP contribution in [0.25, 0.3) is 56.1 Å². The van der Waals surface area contributed by atoms with E-state index in [4.69, 9.17) is 20.2 Å². The topological polar surface area (TPSA) is 212 Å². The van der Waals surface area contributed by atoms with Gasteiger partial charge in [0.05, 0.1) is 39.6 Å². The van der Waals surface area contributed by atoms with Crippen LogP contribution in [0.4, 0.5) is 17.6 Å². The van der Waals surface area contributed by atoms with Gasteiger partial charge >= 0.3 is 0 Å². The van der Waals surface area contributed by atoms with Crippen LogP contribution in [-0.2, 0) is 16.0 Å². The maximum absolute atomic E-state index is 13.7. The number of nitrogens with zero attached hydrogens (tertiary/aromatic N) is 11. The van der Waals surface area contributed by atoms with Crippen LogP contribution in [0.3, 0.4) is 0 Å². The first kappa shape index (κ1) is 61.7. The lowest BCUT2D eigenvalue weighted by atomic mass is 9.91. The first-order chi connectivity index (χ1) is 44.8. The van der Waals surface area contributed by atoms with Crippen molar-refractivity contribution in [3.63, 3.8) is 0 Å². The first-order valence-electron chi connectivity index (χ1n) is 31.4. The molecule has 13 rings (SSSR count). The van der Waals surface area contributed by atoms with Gasteiger partial charge in [-0.3, -0.25) is 19.2 Å². The molecule has 92 heavy (non-hydrogen) atoms. The third kappa shape index (κ3) is 14.9. The molecule has 1 aliphatic heterocycles. The van der Waals surface area contributed by atoms with Crippen molar-refractivity contribution in [1.82, 2.24) is 59.2 Å². The Morgan fingerprint density at radius 3 is 1.72 bits per heavy atom. The van der Waals surface area contributed by atoms with Gasteiger partial charge in [-0.25, -0.2) is 29.0 Å². The Kier molecular flexibility index (Phi) is 19.2. The predicted molar refractivity (Wildman–Crippen MR) is 361 cm³/mol. The number of rotatable bonds is 20. The maximum Gasteiger partial charge on any atom is 0.254 e. The second-order valence-corrected chi connectivity index (χ2v) is 24.3. The fourth-order valence-electron chi connectivity index (χ4n) is 12.6. The molecule has 4 aromatic carbocycles. The molecule has 3 fully saturated rings. The highest BCUT2D eigenvalue weighted by molar-refractivity contribution is 6.00. The van der Waals surface area contributed by atoms with Crippen molar-refractivity contribution in [3.8, 4) is 45.0 Å². The number of pyridine rings is 2. The summed E-state index contributed by atoms with van der Waals surface area (Å²) in [7, 11) is 7.81. The van der Waals surface area contributed by atoms with Crippen LogP contribution in [0.1, 0.15) is 64.8 Å². The Morgan fingerprint density at radius 1 is 0.576 bits per heavy atom. The number of piperidine rings is 1. The van der Waals surface area contributed by atoms with E-state index in [0.29, 0.717) is 47.6 Å². The Labute approximate surface area is 535 Å². The molecule has 2 bridgehead atoms. The molecule has 19 heteroatoms. The van der Waals surface area contributed by atoms with Crippen molar-refractivity contribution in [3.05, 3.63) is 224 Å². The molecule has 1 saturated heterocycles. The minimum Gasteiger partial charge on any atom is -0.351 e. The van der Waals surface area contributed by atoms with E-state index in [1.807, 2.05) is 174 Å². The Hall–Kier alpha value is -10.5. The van der Waals surface area contributed by atoms with Crippen molar-refractivity contribution >= 4 is 52.1 Å². The lowest BCUT2D eigenvalue weighted by molar-refractivity contribution is -0.114. The molecule has 2 saturated carbocycles. The Balaban J connectivity index is 0.000000177. The van der Waals surface area contributed by atoms with E-state index in [-0.39, 0.29) is 47.7 Å². The molecule has 0 radical (unpaired) electrons. The number of benzene rings is 4. The molecule has 3 aliphatic rings. The van der Waals surface area contributed by atoms with Gasteiger partial charge in [-0.15, -0.1) is 0 Å². The molecule has 6 aromatic heterocycles. The minimum absolute atomic E-state index is 0.0208. The molecule has 2 aliphatic carbocycles. The summed E-state index contributed by atoms with van der Waals surface area (Å²) in [6.07, 6.45) is 20.1. The molecular weight excluding hydrogens is 1150 g/mol. The second kappa shape index (κ2) is 28.5. The summed E-state index contributed by atoms with van der Waals surface area (Å²) in [6.45, 7) is 2.16. The molecule has 7 heterocycles. The van der Waals surface area contributed by atoms with Crippen LogP contribution in [0.15, 0.2) is 207 Å². The molecule has 19 nitrogen and oxygen atoms in total. The molecule has 4 N–H and O–H groups in total. The van der Waals surface area contributed by atoms with E-state index in [1.54, 1.807) is 48.8 Å². The van der Waals surface area contributed by atoms with Gasteiger partial charge < -0.3 is 36.0 Å². The molecule has 5 atom stereocenters. The highest BCUT2D eigenvalue weighted by Crippen LogP contribution is 2.41. The number of aromatic nitrogens is 8. The lowest BCUT2D eigenvalue weighted by Crippen LogP contribution is -2.47. The Morgan fingerprint density at radius 2 is 1.13 bits per heavy atom. The van der Waals surface area contributed by atoms with Crippen molar-refractivity contribution in [2.45, 2.75) is 69.1 Å². The molecule has 0 spiro atoms. The third-order valence-corrected chi connectivity index (χ3v) is 16.9. The number of carbonyl (C=O) groups is 4. The van der Waals surface area contributed by atoms with E-state index >= 15 is 0 Å². The molecular formula is C73H75N15O4. The summed E-state index contributed by atoms with van der Waals surface area (Å²) in [5.74, 6) is 1.28. The highest BCUT2D eigenvalue weighted by Gasteiger charge is 2.47. The fraction of sp³-hybridized carbons (Fsp3) is 0.260. The average Bonchev–Trinajstić information content (AvgIpc) is 1.67. The van der Waals surface area contributed by atoms with Gasteiger partial charge in [-0.2, -0.15) is 10.2 Å². The van der Waals surface area contributed by atoms with E-state index in [2.05, 4.69) is 61.6 Å². The lowest BCUT2D eigenvalue weighted by Gasteiger charge is -2.34. The zero-order valence-corrected chi connectivity index (χ0v) is 52.1. The van der Waals surface area contributed by atoms with E-state index in [9.17, 15) is 19.2 Å². The minimum atomic E-state index is -0.204. The quantitative estimate of drug-likeness (QED) is 0.0523. The third-order valence-electron chi connectivity index (χ3n) is 16.9. The fourth-order valence-corrected chi connectivity index (χ4v) is 12.6. The molecule has 10 aromatic rings. The predicted octanol–water partition coefficient (Wildman–Crippen LogP) is 11.1. The average molecular weight is 1230 g/mol. The van der Waals surface area contributed by atoms with Gasteiger partial charge in [0.15, 0.2) is 5.78 Å². The Bertz CT molecular complexity index is 4280. The highest BCUT2D eigenvalue weighted by atomic mass is 16.2. The number of anilines is 3. The van der Waals surface area contributed by atoms with Gasteiger partial charge in [0.1, 0.15) is 11.4 Å². The van der Waals surface area contributed by atoms with Crippen LogP contribution in [0.2, 0.25) is 0 Å². The van der Waals surface area contributed by atoms with E-state index < -0.39 is 0 Å². The summed E-state index contributed by atoms with van der Waals surface area (Å²) >= 11 is 0. The number of likely N-dealkylation sites (tertiary alicyclic amines) is 1. The number of amides is 3. The summed E-state index contributed by atoms with van der Waals surface area (Å²) in [5, 5.41) is 22.9. The van der Waals surface area contributed by atoms with E-state index in [1.165, 1.54) is 6.08 Å². The second-order valence-electron chi connectivity index (χ2n) is 24.3. The standard InChI is InChI=1S/C37H37N7O2.C36H38N8O2/c1-42(2)19-8-11-29(45)21-25-13-15-28(16-14-25)36(46)43-24-26-22-31(33(43)23-26)40-37-38-18-17-30(39-37)34-32-12-6-7-20-44(32)41-35(34)27-9-4-3-5-10-27;1-43(2)22-9-15-32(45)38-27-18-16-26(17-19-27)35(46)39-28-12-8-13-29(24-28)40-36-37-21-20-30(41-36)33-31-14-6-7-23-44(31)42-34(33)25-10-4-3-5-11-25/h3-18,20,26,31,33H,19,21-24H2,1-2H3,(H,38,39,40);3-7,9-11,14-21,23,28-29H,8,12-13,22,24H2,1-2H3,(H,38,45)(H,39,46)(H,37,40,41)/b11-8+;15-9+. The van der Waals surface area contributed by atoms with Gasteiger partial charge in [0, 0.05) is 103 Å². The zero-order chi connectivity index (χ0) is 63.5. The number of hydrogen-bond acceptors (Lipinski definition) is 14. The summed E-state index contributed by atoms with van der Waals surface area (Å²) in [6, 6.07) is 50.8. The van der Waals surface area contributed by atoms with E-state index in [0.717, 1.165) is 113 Å². The van der Waals surface area contributed by atoms with Gasteiger partial charge in [0.2, 0.25) is 17.8 Å². The van der Waals surface area contributed by atoms with Crippen LogP contribution in [0.5, 0.6) is 0 Å². The SMILES string of the molecule is CN(C)C/C=C/C(=O)Cc1ccc(C(=O)N2CC3CC(Nc4nccc(-c5c(-c6ccccc6)nn6ccccc56)n4)C2C3)cc1.CN(C)C/C=C/C(=O)Nc1ccc(C(=O)NC2CCCC(Nc3nccc(-c4c(-c5ccccc5)nn5ccccc45)n3)C2)cc1. The van der Waals surface area contributed by atoms with Gasteiger partial charge in [-0.05, 0) is 157 Å². The largest absolute Gasteiger partial charge is 0.351 e. The summed E-state index contributed by atoms with van der Waals surface area (Å²) < 4.78 is 3.77. The van der Waals surface area contributed by atoms with Crippen LogP contribution in [0, 0.1) is 5.92 Å². The normalized spacial score (nSPS) is 17.8. The number of carbonyl (C=O) groups excluding carboxylic acids is 4. The van der Waals surface area contributed by atoms with Crippen LogP contribution >= 0.6 is 0 Å². The van der Waals surface area contributed by atoms with Crippen LogP contribution < -0.4 is 21.3 Å². The number of ketones is 1. The monoisotopic (exact) mass is 1230 g/mol. The van der Waals surface area contributed by atoms with Gasteiger partial charge in [0.25, 0.3) is 11.8 Å². The number of hydrogen-bond donors (Lipinski definition) is 4. The van der Waals surface area contributed by atoms with Crippen molar-refractivity contribution < 1.29 is 19.2 Å². The number of likely N-dealkylation sites (N-methyl/N-ethyl adjacent to an activating group) is 2. The number of nitrogens with one attached hydrogen (secondary N) is 4. The van der Waals surface area contributed by atoms with Gasteiger partial charge in [-0.1, -0.05) is 97.1 Å². The maximum atomic E-state index is 13.7. The van der Waals surface area contributed by atoms with Crippen molar-refractivity contribution in [2.75, 3.05) is 63.8 Å².